The number of carbonyl (C=O) groups is 2. The van der Waals surface area contributed by atoms with E-state index in [1.165, 1.54) is 19.3 Å². The number of urea groups is 1. The number of piperidine rings is 1. The molecule has 114 valence electrons. The van der Waals surface area contributed by atoms with Crippen LogP contribution in [-0.4, -0.2) is 52.6 Å². The molecular formula is C14H24N2O3S. The highest BCUT2D eigenvalue weighted by Gasteiger charge is 2.37. The maximum atomic E-state index is 12.2. The van der Waals surface area contributed by atoms with Crippen LogP contribution < -0.4 is 5.32 Å². The molecule has 5 nitrogen and oxygen atoms in total. The SMILES string of the molecule is CSC1(CNC(=O)N2CCCC(CC(=O)O)C2)CCC1. The van der Waals surface area contributed by atoms with Gasteiger partial charge in [0.2, 0.25) is 0 Å². The molecule has 2 N–H and O–H groups in total. The molecule has 2 amide bonds. The summed E-state index contributed by atoms with van der Waals surface area (Å²) in [4.78, 5) is 24.7. The van der Waals surface area contributed by atoms with Crippen molar-refractivity contribution in [1.82, 2.24) is 10.2 Å². The minimum absolute atomic E-state index is 0.0274. The fourth-order valence-electron chi connectivity index (χ4n) is 3.04. The lowest BCUT2D eigenvalue weighted by molar-refractivity contribution is -0.138. The van der Waals surface area contributed by atoms with Gasteiger partial charge in [0, 0.05) is 30.8 Å². The number of nitrogens with one attached hydrogen (secondary N) is 1. The quantitative estimate of drug-likeness (QED) is 0.816. The van der Waals surface area contributed by atoms with Crippen molar-refractivity contribution in [3.8, 4) is 0 Å². The van der Waals surface area contributed by atoms with Crippen LogP contribution in [0.1, 0.15) is 38.5 Å². The summed E-state index contributed by atoms with van der Waals surface area (Å²) in [6.45, 7) is 2.05. The summed E-state index contributed by atoms with van der Waals surface area (Å²) in [7, 11) is 0. The molecular weight excluding hydrogens is 276 g/mol. The van der Waals surface area contributed by atoms with Crippen LogP contribution in [0.25, 0.3) is 0 Å². The second-order valence-corrected chi connectivity index (χ2v) is 7.23. The lowest BCUT2D eigenvalue weighted by Gasteiger charge is -2.41. The number of likely N-dealkylation sites (tertiary alicyclic amines) is 1. The Balaban J connectivity index is 1.78. The third-order valence-electron chi connectivity index (χ3n) is 4.53. The van der Waals surface area contributed by atoms with Crippen molar-refractivity contribution in [2.45, 2.75) is 43.3 Å². The first-order valence-corrected chi connectivity index (χ1v) is 8.57. The molecule has 6 heteroatoms. The molecule has 2 fully saturated rings. The number of carboxylic acids is 1. The molecule has 0 bridgehead atoms. The van der Waals surface area contributed by atoms with Crippen LogP contribution in [0.5, 0.6) is 0 Å². The van der Waals surface area contributed by atoms with E-state index in [1.54, 1.807) is 4.90 Å². The Labute approximate surface area is 124 Å². The average molecular weight is 300 g/mol. The first-order chi connectivity index (χ1) is 9.54. The predicted molar refractivity (Wildman–Crippen MR) is 80.0 cm³/mol. The second-order valence-electron chi connectivity index (χ2n) is 5.95. The summed E-state index contributed by atoms with van der Waals surface area (Å²) in [6, 6.07) is -0.0274. The lowest BCUT2D eigenvalue weighted by atomic mass is 9.84. The summed E-state index contributed by atoms with van der Waals surface area (Å²) in [5.41, 5.74) is 0. The van der Waals surface area contributed by atoms with Crippen LogP contribution in [0.3, 0.4) is 0 Å². The van der Waals surface area contributed by atoms with Crippen LogP contribution in [0, 0.1) is 5.92 Å². The van der Waals surface area contributed by atoms with Crippen molar-refractivity contribution in [2.24, 2.45) is 5.92 Å². The number of rotatable bonds is 5. The zero-order valence-electron chi connectivity index (χ0n) is 12.1. The van der Waals surface area contributed by atoms with Crippen LogP contribution in [0.4, 0.5) is 4.79 Å². The highest BCUT2D eigenvalue weighted by Crippen LogP contribution is 2.42. The Kier molecular flexibility index (Phi) is 5.18. The van der Waals surface area contributed by atoms with E-state index in [-0.39, 0.29) is 23.1 Å². The van der Waals surface area contributed by atoms with Gasteiger partial charge in [0.1, 0.15) is 0 Å². The number of aliphatic carboxylic acids is 1. The first kappa shape index (κ1) is 15.5. The molecule has 0 radical (unpaired) electrons. The maximum absolute atomic E-state index is 12.2. The van der Waals surface area contributed by atoms with Gasteiger partial charge in [0.25, 0.3) is 0 Å². The molecule has 0 aromatic carbocycles. The monoisotopic (exact) mass is 300 g/mol. The molecule has 1 atom stereocenters. The van der Waals surface area contributed by atoms with Crippen molar-refractivity contribution in [3.05, 3.63) is 0 Å². The summed E-state index contributed by atoms with van der Waals surface area (Å²) >= 11 is 1.85. The van der Waals surface area contributed by atoms with Gasteiger partial charge in [-0.1, -0.05) is 6.42 Å². The van der Waals surface area contributed by atoms with Crippen LogP contribution in [0.2, 0.25) is 0 Å². The van der Waals surface area contributed by atoms with E-state index in [1.807, 2.05) is 11.8 Å². The first-order valence-electron chi connectivity index (χ1n) is 7.34. The van der Waals surface area contributed by atoms with Gasteiger partial charge < -0.3 is 15.3 Å². The number of hydrogen-bond acceptors (Lipinski definition) is 3. The van der Waals surface area contributed by atoms with E-state index in [4.69, 9.17) is 5.11 Å². The Bertz CT molecular complexity index is 366. The molecule has 1 aliphatic carbocycles. The van der Waals surface area contributed by atoms with Crippen LogP contribution in [-0.2, 0) is 4.79 Å². The molecule has 0 aromatic rings. The maximum Gasteiger partial charge on any atom is 0.317 e. The molecule has 2 aliphatic rings. The van der Waals surface area contributed by atoms with E-state index in [0.717, 1.165) is 25.9 Å². The predicted octanol–water partition coefficient (Wildman–Crippen LogP) is 2.17. The minimum Gasteiger partial charge on any atom is -0.481 e. The Hall–Kier alpha value is -0.910. The zero-order valence-corrected chi connectivity index (χ0v) is 12.9. The van der Waals surface area contributed by atoms with Gasteiger partial charge in [0.05, 0.1) is 0 Å². The molecule has 1 saturated carbocycles. The van der Waals surface area contributed by atoms with Gasteiger partial charge in [0.15, 0.2) is 0 Å². The fraction of sp³-hybridized carbons (Fsp3) is 0.857. The van der Waals surface area contributed by atoms with Gasteiger partial charge in [-0.05, 0) is 37.9 Å². The fourth-order valence-corrected chi connectivity index (χ4v) is 3.95. The molecule has 20 heavy (non-hydrogen) atoms. The number of carbonyl (C=O) groups excluding carboxylic acids is 1. The summed E-state index contributed by atoms with van der Waals surface area (Å²) in [5, 5.41) is 11.9. The second kappa shape index (κ2) is 6.70. The van der Waals surface area contributed by atoms with Crippen molar-refractivity contribution in [2.75, 3.05) is 25.9 Å². The number of hydrogen-bond donors (Lipinski definition) is 2. The number of amides is 2. The number of thioether (sulfide) groups is 1. The van der Waals surface area contributed by atoms with Crippen molar-refractivity contribution in [3.63, 3.8) is 0 Å². The molecule has 1 saturated heterocycles. The molecule has 1 aliphatic heterocycles. The molecule has 0 aromatic heterocycles. The largest absolute Gasteiger partial charge is 0.481 e. The summed E-state index contributed by atoms with van der Waals surface area (Å²) < 4.78 is 0.242. The van der Waals surface area contributed by atoms with E-state index in [9.17, 15) is 9.59 Å². The van der Waals surface area contributed by atoms with Crippen molar-refractivity contribution in [1.29, 1.82) is 0 Å². The van der Waals surface area contributed by atoms with E-state index in [0.29, 0.717) is 6.54 Å². The molecule has 0 spiro atoms. The lowest BCUT2D eigenvalue weighted by Crippen LogP contribution is -2.51. The normalized spacial score (nSPS) is 24.9. The molecule has 2 rings (SSSR count). The third-order valence-corrected chi connectivity index (χ3v) is 5.95. The Morgan fingerprint density at radius 2 is 2.15 bits per heavy atom. The van der Waals surface area contributed by atoms with Gasteiger partial charge in [-0.3, -0.25) is 4.79 Å². The van der Waals surface area contributed by atoms with Crippen LogP contribution in [0.15, 0.2) is 0 Å². The number of nitrogens with zero attached hydrogens (tertiary/aromatic N) is 1. The van der Waals surface area contributed by atoms with Crippen molar-refractivity contribution >= 4 is 23.8 Å². The number of carboxylic acid groups (broad SMARTS) is 1. The topological polar surface area (TPSA) is 69.6 Å². The smallest absolute Gasteiger partial charge is 0.317 e. The Morgan fingerprint density at radius 1 is 1.40 bits per heavy atom. The van der Waals surface area contributed by atoms with Gasteiger partial charge >= 0.3 is 12.0 Å². The standard InChI is InChI=1S/C14H24N2O3S/c1-20-14(5-3-6-14)10-15-13(19)16-7-2-4-11(9-16)8-12(17)18/h11H,2-10H2,1H3,(H,15,19)(H,17,18). The average Bonchev–Trinajstić information content (AvgIpc) is 2.37. The molecule has 1 heterocycles. The highest BCUT2D eigenvalue weighted by molar-refractivity contribution is 8.00. The minimum atomic E-state index is -0.770. The third kappa shape index (κ3) is 3.81. The Morgan fingerprint density at radius 3 is 2.70 bits per heavy atom. The van der Waals surface area contributed by atoms with Gasteiger partial charge in [-0.2, -0.15) is 11.8 Å². The zero-order chi connectivity index (χ0) is 14.6. The van der Waals surface area contributed by atoms with Gasteiger partial charge in [-0.15, -0.1) is 0 Å². The van der Waals surface area contributed by atoms with Crippen molar-refractivity contribution < 1.29 is 14.7 Å². The highest BCUT2D eigenvalue weighted by atomic mass is 32.2. The summed E-state index contributed by atoms with van der Waals surface area (Å²) in [5.74, 6) is -0.668. The molecule has 1 unspecified atom stereocenters. The van der Waals surface area contributed by atoms with E-state index >= 15 is 0 Å². The van der Waals surface area contributed by atoms with Gasteiger partial charge in [-0.25, -0.2) is 4.79 Å². The van der Waals surface area contributed by atoms with E-state index < -0.39 is 5.97 Å². The van der Waals surface area contributed by atoms with E-state index in [2.05, 4.69) is 11.6 Å². The van der Waals surface area contributed by atoms with Crippen LogP contribution >= 0.6 is 11.8 Å². The summed E-state index contributed by atoms with van der Waals surface area (Å²) in [6.07, 6.45) is 7.69.